The third-order valence-electron chi connectivity index (χ3n) is 4.68. The zero-order valence-electron chi connectivity index (χ0n) is 15.0. The molecule has 0 radical (unpaired) electrons. The first-order valence-corrected chi connectivity index (χ1v) is 8.88. The van der Waals surface area contributed by atoms with Crippen molar-refractivity contribution >= 4 is 5.91 Å². The van der Waals surface area contributed by atoms with Crippen molar-refractivity contribution in [2.45, 2.75) is 38.3 Å². The van der Waals surface area contributed by atoms with Crippen LogP contribution in [-0.4, -0.2) is 38.4 Å². The van der Waals surface area contributed by atoms with Crippen LogP contribution >= 0.6 is 0 Å². The molecule has 9 nitrogen and oxygen atoms in total. The first kappa shape index (κ1) is 17.2. The third kappa shape index (κ3) is 3.67. The van der Waals surface area contributed by atoms with Crippen molar-refractivity contribution in [2.24, 2.45) is 0 Å². The van der Waals surface area contributed by atoms with Crippen molar-refractivity contribution in [1.82, 2.24) is 30.7 Å². The average molecular weight is 368 g/mol. The van der Waals surface area contributed by atoms with Gasteiger partial charge in [0.25, 0.3) is 0 Å². The highest BCUT2D eigenvalue weighted by molar-refractivity contribution is 5.82. The Hall–Kier alpha value is -3.23. The lowest BCUT2D eigenvalue weighted by Gasteiger charge is -2.12. The average Bonchev–Trinajstić information content (AvgIpc) is 3.32. The van der Waals surface area contributed by atoms with Gasteiger partial charge < -0.3 is 14.6 Å². The van der Waals surface area contributed by atoms with Gasteiger partial charge in [-0.1, -0.05) is 11.6 Å². The lowest BCUT2D eigenvalue weighted by molar-refractivity contribution is -0.123. The maximum atomic E-state index is 12.6. The number of benzene rings is 1. The number of nitrogens with one attached hydrogen (secondary N) is 1. The molecule has 0 saturated heterocycles. The number of tetrazole rings is 1. The molecule has 1 N–H and O–H groups in total. The van der Waals surface area contributed by atoms with Crippen molar-refractivity contribution in [2.75, 3.05) is 7.11 Å². The maximum Gasteiger partial charge on any atom is 0.231 e. The molecule has 1 unspecified atom stereocenters. The van der Waals surface area contributed by atoms with Gasteiger partial charge >= 0.3 is 0 Å². The predicted octanol–water partition coefficient (Wildman–Crippen LogP) is 1.92. The van der Waals surface area contributed by atoms with Crippen LogP contribution < -0.4 is 10.1 Å². The second-order valence-corrected chi connectivity index (χ2v) is 6.44. The van der Waals surface area contributed by atoms with Crippen molar-refractivity contribution in [1.29, 1.82) is 0 Å². The topological polar surface area (TPSA) is 108 Å². The molecule has 0 aliphatic carbocycles. The van der Waals surface area contributed by atoms with E-state index in [0.717, 1.165) is 37.1 Å². The van der Waals surface area contributed by atoms with Crippen molar-refractivity contribution in [3.05, 3.63) is 41.9 Å². The minimum Gasteiger partial charge on any atom is -0.497 e. The summed E-state index contributed by atoms with van der Waals surface area (Å²) < 4.78 is 12.3. The molecule has 0 saturated carbocycles. The maximum absolute atomic E-state index is 12.6. The number of nitrogens with zero attached hydrogens (tertiary/aromatic N) is 5. The van der Waals surface area contributed by atoms with Crippen molar-refractivity contribution < 1.29 is 14.1 Å². The molecule has 3 heterocycles. The largest absolute Gasteiger partial charge is 0.497 e. The fraction of sp³-hybridized carbons (Fsp3) is 0.389. The molecule has 1 aliphatic heterocycles. The van der Waals surface area contributed by atoms with Crippen LogP contribution in [-0.2, 0) is 17.9 Å². The highest BCUT2D eigenvalue weighted by Gasteiger charge is 2.28. The van der Waals surface area contributed by atoms with Gasteiger partial charge in [-0.05, 0) is 47.5 Å². The fourth-order valence-electron chi connectivity index (χ4n) is 3.20. The van der Waals surface area contributed by atoms with Crippen LogP contribution in [0.3, 0.4) is 0 Å². The molecule has 27 heavy (non-hydrogen) atoms. The Morgan fingerprint density at radius 3 is 3.00 bits per heavy atom. The number of carbonyl (C=O) groups excluding carboxylic acids is 1. The summed E-state index contributed by atoms with van der Waals surface area (Å²) >= 11 is 0. The molecule has 1 amide bonds. The lowest BCUT2D eigenvalue weighted by atomic mass is 10.0. The normalized spacial score (nSPS) is 16.4. The molecule has 0 fully saturated rings. The van der Waals surface area contributed by atoms with Crippen LogP contribution in [0.25, 0.3) is 11.3 Å². The van der Waals surface area contributed by atoms with E-state index in [1.165, 1.54) is 0 Å². The number of carbonyl (C=O) groups is 1. The lowest BCUT2D eigenvalue weighted by Crippen LogP contribution is -2.30. The van der Waals surface area contributed by atoms with Gasteiger partial charge in [0.15, 0.2) is 11.6 Å². The zero-order valence-corrected chi connectivity index (χ0v) is 15.0. The minimum atomic E-state index is -0.338. The molecule has 140 valence electrons. The summed E-state index contributed by atoms with van der Waals surface area (Å²) in [4.78, 5) is 12.6. The quantitative estimate of drug-likeness (QED) is 0.733. The summed E-state index contributed by atoms with van der Waals surface area (Å²) in [6, 6.07) is 9.32. The first-order valence-electron chi connectivity index (χ1n) is 8.88. The molecule has 4 rings (SSSR count). The van der Waals surface area contributed by atoms with Crippen LogP contribution in [0.15, 0.2) is 34.9 Å². The Morgan fingerprint density at radius 2 is 2.19 bits per heavy atom. The monoisotopic (exact) mass is 368 g/mol. The molecule has 2 aromatic heterocycles. The van der Waals surface area contributed by atoms with Crippen LogP contribution in [0.4, 0.5) is 0 Å². The summed E-state index contributed by atoms with van der Waals surface area (Å²) in [5, 5.41) is 18.6. The number of rotatable bonds is 5. The Morgan fingerprint density at radius 1 is 1.33 bits per heavy atom. The van der Waals surface area contributed by atoms with E-state index in [4.69, 9.17) is 9.26 Å². The summed E-state index contributed by atoms with van der Waals surface area (Å²) in [5.74, 6) is 1.61. The second kappa shape index (κ2) is 7.56. The van der Waals surface area contributed by atoms with Gasteiger partial charge in [-0.2, -0.15) is 0 Å². The number of ether oxygens (including phenoxy) is 1. The van der Waals surface area contributed by atoms with Crippen LogP contribution in [0.1, 0.15) is 36.7 Å². The summed E-state index contributed by atoms with van der Waals surface area (Å²) in [6.45, 7) is 1.04. The number of fused-ring (bicyclic) bond motifs is 1. The second-order valence-electron chi connectivity index (χ2n) is 6.44. The predicted molar refractivity (Wildman–Crippen MR) is 94.7 cm³/mol. The summed E-state index contributed by atoms with van der Waals surface area (Å²) in [5.41, 5.74) is 1.55. The number of aromatic nitrogens is 5. The molecule has 1 atom stereocenters. The number of aryl methyl sites for hydroxylation is 1. The van der Waals surface area contributed by atoms with Gasteiger partial charge in [0, 0.05) is 18.2 Å². The Labute approximate surface area is 155 Å². The van der Waals surface area contributed by atoms with Gasteiger partial charge in [-0.15, -0.1) is 5.10 Å². The fourth-order valence-corrected chi connectivity index (χ4v) is 3.20. The smallest absolute Gasteiger partial charge is 0.231 e. The van der Waals surface area contributed by atoms with E-state index in [9.17, 15) is 4.79 Å². The number of methoxy groups -OCH3 is 1. The Balaban J connectivity index is 1.40. The molecular weight excluding hydrogens is 348 g/mol. The molecular formula is C18H20N6O3. The number of amides is 1. The van der Waals surface area contributed by atoms with Crippen molar-refractivity contribution in [3.8, 4) is 17.1 Å². The van der Waals surface area contributed by atoms with E-state index in [0.29, 0.717) is 17.3 Å². The Bertz CT molecular complexity index is 917. The van der Waals surface area contributed by atoms with Crippen LogP contribution in [0, 0.1) is 0 Å². The first-order chi connectivity index (χ1) is 13.2. The Kier molecular flexibility index (Phi) is 4.82. The molecule has 9 heteroatoms. The van der Waals surface area contributed by atoms with E-state index in [1.54, 1.807) is 11.8 Å². The van der Waals surface area contributed by atoms with Gasteiger partial charge in [-0.3, -0.25) is 4.79 Å². The summed E-state index contributed by atoms with van der Waals surface area (Å²) in [7, 11) is 1.62. The van der Waals surface area contributed by atoms with Crippen molar-refractivity contribution in [3.63, 3.8) is 0 Å². The molecule has 1 aliphatic rings. The van der Waals surface area contributed by atoms with Gasteiger partial charge in [0.05, 0.1) is 19.6 Å². The molecule has 0 bridgehead atoms. The highest BCUT2D eigenvalue weighted by Crippen LogP contribution is 2.25. The van der Waals surface area contributed by atoms with Gasteiger partial charge in [0.1, 0.15) is 11.4 Å². The number of hydrogen-bond acceptors (Lipinski definition) is 7. The van der Waals surface area contributed by atoms with E-state index in [1.807, 2.05) is 30.3 Å². The van der Waals surface area contributed by atoms with Crippen LogP contribution in [0.2, 0.25) is 0 Å². The van der Waals surface area contributed by atoms with Crippen LogP contribution in [0.5, 0.6) is 5.75 Å². The summed E-state index contributed by atoms with van der Waals surface area (Å²) in [6.07, 6.45) is 2.66. The molecule has 1 aromatic carbocycles. The SMILES string of the molecule is COc1ccc(-c2cc(CNC(=O)C3CCCCn4nnnc43)no2)cc1. The molecule has 0 spiro atoms. The van der Waals surface area contributed by atoms with Gasteiger partial charge in [-0.25, -0.2) is 4.68 Å². The molecule has 3 aromatic rings. The van der Waals surface area contributed by atoms with E-state index in [2.05, 4.69) is 26.0 Å². The van der Waals surface area contributed by atoms with Gasteiger partial charge in [0.2, 0.25) is 5.91 Å². The zero-order chi connectivity index (χ0) is 18.6. The van der Waals surface area contributed by atoms with E-state index in [-0.39, 0.29) is 18.4 Å². The minimum absolute atomic E-state index is 0.0954. The van der Waals surface area contributed by atoms with E-state index >= 15 is 0 Å². The highest BCUT2D eigenvalue weighted by atomic mass is 16.5. The number of hydrogen-bond donors (Lipinski definition) is 1. The standard InChI is InChI=1S/C18H20N6O3/c1-26-14-7-5-12(6-8-14)16-10-13(21-27-16)11-19-18(25)15-4-2-3-9-24-17(15)20-22-23-24/h5-8,10,15H,2-4,9,11H2,1H3,(H,19,25). The van der Waals surface area contributed by atoms with E-state index < -0.39 is 0 Å². The third-order valence-corrected chi connectivity index (χ3v) is 4.68.